The van der Waals surface area contributed by atoms with Crippen LogP contribution in [0.2, 0.25) is 5.15 Å². The van der Waals surface area contributed by atoms with Gasteiger partial charge in [-0.15, -0.1) is 0 Å². The van der Waals surface area contributed by atoms with E-state index in [4.69, 9.17) is 33.3 Å². The fourth-order valence-corrected chi connectivity index (χ4v) is 9.76. The molecule has 0 spiro atoms. The number of anilines is 3. The number of urea groups is 1. The molecule has 0 aliphatic carbocycles. The Morgan fingerprint density at radius 2 is 0.817 bits per heavy atom. The Labute approximate surface area is 416 Å². The molecule has 0 unspecified atom stereocenters. The number of benzene rings is 7. The molecule has 71 heavy (non-hydrogen) atoms. The summed E-state index contributed by atoms with van der Waals surface area (Å²) in [6.45, 7) is 1.94. The smallest absolute Gasteiger partial charge is 0.320 e. The van der Waals surface area contributed by atoms with Crippen LogP contribution in [0.1, 0.15) is 51.9 Å². The topological polar surface area (TPSA) is 155 Å². The largest absolute Gasteiger partial charge is 0.382 e. The molecule has 0 bridgehead atoms. The Balaban J connectivity index is 0.000000172. The van der Waals surface area contributed by atoms with Crippen LogP contribution in [-0.4, -0.2) is 35.6 Å². The lowest BCUT2D eigenvalue weighted by Gasteiger charge is -2.37. The molecule has 7 aromatic carbocycles. The number of nitrogens with one attached hydrogen (secondary N) is 2. The van der Waals surface area contributed by atoms with E-state index in [1.807, 2.05) is 168 Å². The zero-order valence-electron chi connectivity index (χ0n) is 38.7. The lowest BCUT2D eigenvalue weighted by Crippen LogP contribution is -2.38. The molecular weight excluding hydrogens is 900 g/mol. The van der Waals surface area contributed by atoms with Crippen LogP contribution in [0.15, 0.2) is 237 Å². The predicted octanol–water partition coefficient (Wildman–Crippen LogP) is 12.2. The van der Waals surface area contributed by atoms with Gasteiger partial charge in [-0.3, -0.25) is 5.32 Å². The number of hydrogen-bond donors (Lipinski definition) is 4. The Hall–Kier alpha value is -9.06. The number of halogens is 1. The summed E-state index contributed by atoms with van der Waals surface area (Å²) in [5, 5.41) is 17.5. The quantitative estimate of drug-likeness (QED) is 0.0743. The Bertz CT molecular complexity index is 3350. The molecule has 0 aliphatic rings. The minimum absolute atomic E-state index is 0.178. The van der Waals surface area contributed by atoms with E-state index in [-0.39, 0.29) is 12.1 Å². The maximum atomic E-state index is 13.0. The zero-order chi connectivity index (χ0) is 48.8. The van der Waals surface area contributed by atoms with Gasteiger partial charge in [-0.2, -0.15) is 10.2 Å². The summed E-state index contributed by atoms with van der Waals surface area (Å²) in [4.78, 5) is 21.7. The van der Waals surface area contributed by atoms with Gasteiger partial charge in [0.1, 0.15) is 22.0 Å². The van der Waals surface area contributed by atoms with Crippen molar-refractivity contribution in [1.29, 1.82) is 0 Å². The first kappa shape index (κ1) is 45.7. The van der Waals surface area contributed by atoms with E-state index in [1.54, 1.807) is 12.4 Å². The van der Waals surface area contributed by atoms with Crippen molar-refractivity contribution in [1.82, 2.24) is 34.8 Å². The number of nitrogens with two attached hydrogens (primary N) is 2. The van der Waals surface area contributed by atoms with E-state index in [9.17, 15) is 4.79 Å². The van der Waals surface area contributed by atoms with Crippen LogP contribution >= 0.6 is 11.6 Å². The van der Waals surface area contributed by atoms with Crippen LogP contribution in [0.25, 0.3) is 21.8 Å². The summed E-state index contributed by atoms with van der Waals surface area (Å²) < 4.78 is 3.93. The average Bonchev–Trinajstić information content (AvgIpc) is 3.93. The number of rotatable bonds is 11. The van der Waals surface area contributed by atoms with Gasteiger partial charge in [0, 0.05) is 24.5 Å². The van der Waals surface area contributed by atoms with E-state index >= 15 is 0 Å². The van der Waals surface area contributed by atoms with Crippen LogP contribution in [0.5, 0.6) is 0 Å². The van der Waals surface area contributed by atoms with Crippen molar-refractivity contribution in [2.24, 2.45) is 0 Å². The van der Waals surface area contributed by atoms with Crippen LogP contribution in [0.3, 0.4) is 0 Å². The predicted molar refractivity (Wildman–Crippen MR) is 285 cm³/mol. The lowest BCUT2D eigenvalue weighted by molar-refractivity contribution is 0.249. The zero-order valence-corrected chi connectivity index (χ0v) is 39.5. The van der Waals surface area contributed by atoms with Gasteiger partial charge in [0.2, 0.25) is 0 Å². The minimum atomic E-state index is -0.859. The van der Waals surface area contributed by atoms with Gasteiger partial charge in [-0.1, -0.05) is 224 Å². The van der Waals surface area contributed by atoms with Crippen molar-refractivity contribution >= 4 is 56.9 Å². The average molecular weight is 950 g/mol. The van der Waals surface area contributed by atoms with Crippen molar-refractivity contribution in [3.8, 4) is 0 Å². The maximum absolute atomic E-state index is 13.0. The number of nitrogen functional groups attached to an aromatic ring is 2. The van der Waals surface area contributed by atoms with Gasteiger partial charge >= 0.3 is 6.03 Å². The van der Waals surface area contributed by atoms with Gasteiger partial charge in [-0.05, 0) is 45.9 Å². The molecule has 11 nitrogen and oxygen atoms in total. The van der Waals surface area contributed by atoms with Gasteiger partial charge < -0.3 is 16.8 Å². The summed E-state index contributed by atoms with van der Waals surface area (Å²) in [6, 6.07) is 74.7. The summed E-state index contributed by atoms with van der Waals surface area (Å²) in [5.74, 6) is 1.16. The first-order chi connectivity index (χ1) is 34.8. The number of hydrogen-bond acceptors (Lipinski definition) is 7. The SMILES string of the molecule is C[C@@H](NC(=O)Nc1cc2c(cn1)c(N)nn2C(c1ccccc1)(c1ccccc1)c1ccccc1)c1ccccc1.Nc1nn(C(c2ccccc2)(c2ccccc2)c2ccccc2)c2cc(Cl)ncc12. The molecule has 1 atom stereocenters. The second kappa shape index (κ2) is 19.9. The molecular formula is C59H49ClN10O. The van der Waals surface area contributed by atoms with E-state index in [0.717, 1.165) is 55.4 Å². The number of aromatic nitrogens is 6. The normalized spacial score (nSPS) is 11.9. The Morgan fingerprint density at radius 3 is 1.18 bits per heavy atom. The van der Waals surface area contributed by atoms with Crippen molar-refractivity contribution in [3.63, 3.8) is 0 Å². The molecule has 6 N–H and O–H groups in total. The van der Waals surface area contributed by atoms with Gasteiger partial charge in [0.05, 0.1) is 27.8 Å². The minimum Gasteiger partial charge on any atom is -0.382 e. The lowest BCUT2D eigenvalue weighted by atomic mass is 9.77. The number of carbonyl (C=O) groups excluding carboxylic acids is 1. The van der Waals surface area contributed by atoms with Crippen molar-refractivity contribution in [3.05, 3.63) is 281 Å². The first-order valence-corrected chi connectivity index (χ1v) is 23.6. The number of carbonyl (C=O) groups is 1. The van der Waals surface area contributed by atoms with Crippen molar-refractivity contribution < 1.29 is 4.79 Å². The summed E-state index contributed by atoms with van der Waals surface area (Å²) >= 11 is 6.29. The highest BCUT2D eigenvalue weighted by atomic mass is 35.5. The monoisotopic (exact) mass is 948 g/mol. The number of nitrogens with zero attached hydrogens (tertiary/aromatic N) is 6. The van der Waals surface area contributed by atoms with Crippen LogP contribution in [0, 0.1) is 0 Å². The second-order valence-corrected chi connectivity index (χ2v) is 17.4. The molecule has 4 aromatic heterocycles. The van der Waals surface area contributed by atoms with Gasteiger partial charge in [0.15, 0.2) is 11.6 Å². The van der Waals surface area contributed by atoms with E-state index in [2.05, 4.69) is 93.4 Å². The second-order valence-electron chi connectivity index (χ2n) is 17.1. The molecule has 0 radical (unpaired) electrons. The van der Waals surface area contributed by atoms with Crippen LogP contribution in [0.4, 0.5) is 22.2 Å². The molecule has 0 fully saturated rings. The van der Waals surface area contributed by atoms with Crippen molar-refractivity contribution in [2.45, 2.75) is 24.0 Å². The van der Waals surface area contributed by atoms with Crippen molar-refractivity contribution in [2.75, 3.05) is 16.8 Å². The third-order valence-electron chi connectivity index (χ3n) is 12.8. The maximum Gasteiger partial charge on any atom is 0.320 e. The molecule has 0 saturated heterocycles. The summed E-state index contributed by atoms with van der Waals surface area (Å²) in [5.41, 5.74) is 20.1. The number of amides is 2. The molecule has 12 heteroatoms. The molecule has 11 aromatic rings. The van der Waals surface area contributed by atoms with Crippen LogP contribution in [-0.2, 0) is 11.1 Å². The molecule has 348 valence electrons. The van der Waals surface area contributed by atoms with E-state index in [0.29, 0.717) is 28.0 Å². The number of fused-ring (bicyclic) bond motifs is 2. The molecule has 0 aliphatic heterocycles. The fourth-order valence-electron chi connectivity index (χ4n) is 9.60. The highest BCUT2D eigenvalue weighted by Crippen LogP contribution is 2.45. The summed E-state index contributed by atoms with van der Waals surface area (Å²) in [7, 11) is 0. The summed E-state index contributed by atoms with van der Waals surface area (Å²) in [6.07, 6.45) is 3.35. The van der Waals surface area contributed by atoms with Gasteiger partial charge in [0.25, 0.3) is 0 Å². The fraction of sp³-hybridized carbons (Fsp3) is 0.0678. The highest BCUT2D eigenvalue weighted by molar-refractivity contribution is 6.30. The molecule has 2 amide bonds. The van der Waals surface area contributed by atoms with E-state index < -0.39 is 11.1 Å². The van der Waals surface area contributed by atoms with E-state index in [1.165, 1.54) is 0 Å². The third-order valence-corrected chi connectivity index (χ3v) is 13.0. The Morgan fingerprint density at radius 1 is 0.493 bits per heavy atom. The third kappa shape index (κ3) is 8.60. The molecule has 0 saturated carbocycles. The molecule has 4 heterocycles. The number of pyridine rings is 2. The standard InChI is InChI=1S/C34H30N6O.C25H19ClN4/c1-24(25-14-6-2-7-15-25)37-33(41)38-31-22-30-29(23-36-31)32(35)39-40(30)34(26-16-8-3-9-17-26,27-18-10-4-11-19-27)28-20-12-5-13-21-28;26-23-16-22-21(17-28-23)24(27)29-30(22)25(18-10-4-1-5-11-18,19-12-6-2-7-13-19)20-14-8-3-9-15-20/h2-24H,1H3,(H2,35,39)(H2,36,37,38,41);1-17H,(H2,27,29)/t24-;/m1./s1. The Kier molecular flexibility index (Phi) is 12.8. The van der Waals surface area contributed by atoms with Gasteiger partial charge in [-0.25, -0.2) is 24.1 Å². The van der Waals surface area contributed by atoms with Crippen LogP contribution < -0.4 is 22.1 Å². The highest BCUT2D eigenvalue weighted by Gasteiger charge is 2.42. The molecule has 11 rings (SSSR count). The first-order valence-electron chi connectivity index (χ1n) is 23.2.